The van der Waals surface area contributed by atoms with Gasteiger partial charge in [-0.2, -0.15) is 0 Å². The van der Waals surface area contributed by atoms with Crippen LogP contribution >= 0.6 is 0 Å². The molecule has 0 saturated carbocycles. The molecular formula is C13H18FN3O2. The van der Waals surface area contributed by atoms with E-state index in [9.17, 15) is 14.0 Å². The maximum atomic E-state index is 13.3. The Hall–Kier alpha value is -2.11. The Bertz CT molecular complexity index is 451. The highest BCUT2D eigenvalue weighted by atomic mass is 19.1. The van der Waals surface area contributed by atoms with Crippen molar-refractivity contribution in [2.45, 2.75) is 12.8 Å². The molecular weight excluding hydrogens is 249 g/mol. The van der Waals surface area contributed by atoms with E-state index in [1.165, 1.54) is 13.1 Å². The third-order valence-corrected chi connectivity index (χ3v) is 2.66. The van der Waals surface area contributed by atoms with Gasteiger partial charge in [0.05, 0.1) is 0 Å². The van der Waals surface area contributed by atoms with Crippen LogP contribution in [0.3, 0.4) is 0 Å². The fraction of sp³-hybridized carbons (Fsp3) is 0.385. The van der Waals surface area contributed by atoms with E-state index in [1.807, 2.05) is 0 Å². The molecule has 1 aromatic rings. The fourth-order valence-corrected chi connectivity index (χ4v) is 1.56. The number of primary amides is 1. The normalized spacial score (nSPS) is 10.0. The van der Waals surface area contributed by atoms with Crippen molar-refractivity contribution >= 4 is 11.9 Å². The number of aryl methyl sites for hydroxylation is 1. The summed E-state index contributed by atoms with van der Waals surface area (Å²) in [7, 11) is 1.45. The summed E-state index contributed by atoms with van der Waals surface area (Å²) in [6.45, 7) is 0.356. The predicted molar refractivity (Wildman–Crippen MR) is 69.9 cm³/mol. The summed E-state index contributed by atoms with van der Waals surface area (Å²) in [4.78, 5) is 23.2. The average molecular weight is 267 g/mol. The van der Waals surface area contributed by atoms with Crippen LogP contribution in [0.5, 0.6) is 0 Å². The first-order chi connectivity index (χ1) is 9.00. The SMILES string of the molecule is CN(CC(=O)NCCCc1ccccc1F)C(N)=O. The van der Waals surface area contributed by atoms with Crippen LogP contribution in [-0.4, -0.2) is 37.0 Å². The van der Waals surface area contributed by atoms with Crippen LogP contribution in [0.2, 0.25) is 0 Å². The number of rotatable bonds is 6. The molecule has 0 heterocycles. The molecule has 3 amide bonds. The van der Waals surface area contributed by atoms with E-state index in [1.54, 1.807) is 18.2 Å². The standard InChI is InChI=1S/C13H18FN3O2/c1-17(13(15)19)9-12(18)16-8-4-6-10-5-2-3-7-11(10)14/h2-3,5,7H,4,6,8-9H2,1H3,(H2,15,19)(H,16,18). The summed E-state index contributed by atoms with van der Waals surface area (Å²) < 4.78 is 13.3. The fourth-order valence-electron chi connectivity index (χ4n) is 1.56. The molecule has 0 aliphatic carbocycles. The van der Waals surface area contributed by atoms with Crippen molar-refractivity contribution < 1.29 is 14.0 Å². The topological polar surface area (TPSA) is 75.4 Å². The highest BCUT2D eigenvalue weighted by Gasteiger charge is 2.08. The molecule has 1 aromatic carbocycles. The zero-order valence-corrected chi connectivity index (χ0v) is 10.9. The lowest BCUT2D eigenvalue weighted by Crippen LogP contribution is -2.41. The first-order valence-corrected chi connectivity index (χ1v) is 6.01. The van der Waals surface area contributed by atoms with E-state index >= 15 is 0 Å². The lowest BCUT2D eigenvalue weighted by molar-refractivity contribution is -0.121. The van der Waals surface area contributed by atoms with E-state index in [4.69, 9.17) is 5.73 Å². The van der Waals surface area contributed by atoms with Crippen LogP contribution in [0.15, 0.2) is 24.3 Å². The van der Waals surface area contributed by atoms with E-state index in [0.717, 1.165) is 4.90 Å². The first-order valence-electron chi connectivity index (χ1n) is 6.01. The molecule has 5 nitrogen and oxygen atoms in total. The van der Waals surface area contributed by atoms with E-state index in [0.29, 0.717) is 24.9 Å². The Labute approximate surface area is 111 Å². The summed E-state index contributed by atoms with van der Waals surface area (Å²) in [6.07, 6.45) is 1.19. The van der Waals surface area contributed by atoms with Crippen molar-refractivity contribution in [2.24, 2.45) is 5.73 Å². The van der Waals surface area contributed by atoms with Crippen LogP contribution in [0, 0.1) is 5.82 Å². The first kappa shape index (κ1) is 14.9. The minimum Gasteiger partial charge on any atom is -0.355 e. The zero-order valence-electron chi connectivity index (χ0n) is 10.9. The lowest BCUT2D eigenvalue weighted by atomic mass is 10.1. The molecule has 19 heavy (non-hydrogen) atoms. The summed E-state index contributed by atoms with van der Waals surface area (Å²) in [5.74, 6) is -0.517. The predicted octanol–water partition coefficient (Wildman–Crippen LogP) is 0.885. The molecule has 1 rings (SSSR count). The number of benzene rings is 1. The molecule has 0 fully saturated rings. The van der Waals surface area contributed by atoms with Gasteiger partial charge in [0.2, 0.25) is 5.91 Å². The van der Waals surface area contributed by atoms with Crippen LogP contribution in [0.4, 0.5) is 9.18 Å². The van der Waals surface area contributed by atoms with Crippen LogP contribution < -0.4 is 11.1 Å². The maximum Gasteiger partial charge on any atom is 0.314 e. The van der Waals surface area contributed by atoms with E-state index in [-0.39, 0.29) is 18.3 Å². The van der Waals surface area contributed by atoms with Gasteiger partial charge < -0.3 is 16.0 Å². The summed E-state index contributed by atoms with van der Waals surface area (Å²) in [5, 5.41) is 2.65. The second kappa shape index (κ2) is 7.35. The highest BCUT2D eigenvalue weighted by Crippen LogP contribution is 2.08. The molecule has 3 N–H and O–H groups in total. The van der Waals surface area contributed by atoms with Gasteiger partial charge in [-0.1, -0.05) is 18.2 Å². The van der Waals surface area contributed by atoms with Crippen molar-refractivity contribution in [1.82, 2.24) is 10.2 Å². The van der Waals surface area contributed by atoms with Gasteiger partial charge in [0.25, 0.3) is 0 Å². The van der Waals surface area contributed by atoms with Gasteiger partial charge in [-0.25, -0.2) is 9.18 Å². The van der Waals surface area contributed by atoms with E-state index in [2.05, 4.69) is 5.32 Å². The van der Waals surface area contributed by atoms with Crippen molar-refractivity contribution in [3.05, 3.63) is 35.6 Å². The maximum absolute atomic E-state index is 13.3. The molecule has 0 radical (unpaired) electrons. The molecule has 6 heteroatoms. The second-order valence-corrected chi connectivity index (χ2v) is 4.24. The Morgan fingerprint density at radius 2 is 2.05 bits per heavy atom. The van der Waals surface area contributed by atoms with Gasteiger partial charge in [-0.15, -0.1) is 0 Å². The molecule has 0 aliphatic heterocycles. The summed E-state index contributed by atoms with van der Waals surface area (Å²) in [5.41, 5.74) is 5.63. The minimum atomic E-state index is -0.651. The second-order valence-electron chi connectivity index (χ2n) is 4.24. The molecule has 0 saturated heterocycles. The smallest absolute Gasteiger partial charge is 0.314 e. The monoisotopic (exact) mass is 267 g/mol. The number of nitrogens with two attached hydrogens (primary N) is 1. The number of nitrogens with zero attached hydrogens (tertiary/aromatic N) is 1. The molecule has 0 atom stereocenters. The third-order valence-electron chi connectivity index (χ3n) is 2.66. The number of likely N-dealkylation sites (N-methyl/N-ethyl adjacent to an activating group) is 1. The van der Waals surface area contributed by atoms with Gasteiger partial charge >= 0.3 is 6.03 Å². The van der Waals surface area contributed by atoms with Gasteiger partial charge in [-0.05, 0) is 24.5 Å². The van der Waals surface area contributed by atoms with Crippen LogP contribution in [0.1, 0.15) is 12.0 Å². The number of carbonyl (C=O) groups excluding carboxylic acids is 2. The van der Waals surface area contributed by atoms with Crippen molar-refractivity contribution in [2.75, 3.05) is 20.1 Å². The summed E-state index contributed by atoms with van der Waals surface area (Å²) >= 11 is 0. The molecule has 104 valence electrons. The van der Waals surface area contributed by atoms with Crippen molar-refractivity contribution in [3.63, 3.8) is 0 Å². The van der Waals surface area contributed by atoms with E-state index < -0.39 is 6.03 Å². The molecule has 0 aromatic heterocycles. The number of hydrogen-bond donors (Lipinski definition) is 2. The highest BCUT2D eigenvalue weighted by molar-refractivity contribution is 5.83. The van der Waals surface area contributed by atoms with Crippen LogP contribution in [-0.2, 0) is 11.2 Å². The summed E-state index contributed by atoms with van der Waals surface area (Å²) in [6, 6.07) is 5.90. The molecule has 0 unspecified atom stereocenters. The molecule has 0 spiro atoms. The Morgan fingerprint density at radius 3 is 2.68 bits per heavy atom. The third kappa shape index (κ3) is 5.37. The number of halogens is 1. The number of hydrogen-bond acceptors (Lipinski definition) is 2. The average Bonchev–Trinajstić information content (AvgIpc) is 2.36. The number of amides is 3. The van der Waals surface area contributed by atoms with Crippen LogP contribution in [0.25, 0.3) is 0 Å². The Kier molecular flexibility index (Phi) is 5.78. The van der Waals surface area contributed by atoms with Gasteiger partial charge in [0.15, 0.2) is 0 Å². The Morgan fingerprint density at radius 1 is 1.37 bits per heavy atom. The van der Waals surface area contributed by atoms with Gasteiger partial charge in [0.1, 0.15) is 12.4 Å². The lowest BCUT2D eigenvalue weighted by Gasteiger charge is -2.13. The molecule has 0 bridgehead atoms. The zero-order chi connectivity index (χ0) is 14.3. The Balaban J connectivity index is 2.23. The number of urea groups is 1. The number of carbonyl (C=O) groups is 2. The minimum absolute atomic E-state index is 0.0744. The van der Waals surface area contributed by atoms with Crippen molar-refractivity contribution in [3.8, 4) is 0 Å². The van der Waals surface area contributed by atoms with Gasteiger partial charge in [-0.3, -0.25) is 4.79 Å². The molecule has 0 aliphatic rings. The quantitative estimate of drug-likeness (QED) is 0.751. The van der Waals surface area contributed by atoms with Crippen molar-refractivity contribution in [1.29, 1.82) is 0 Å². The number of nitrogens with one attached hydrogen (secondary N) is 1. The van der Waals surface area contributed by atoms with Gasteiger partial charge in [0, 0.05) is 13.6 Å². The largest absolute Gasteiger partial charge is 0.355 e.